The van der Waals surface area contributed by atoms with Gasteiger partial charge in [-0.1, -0.05) is 18.2 Å². The van der Waals surface area contributed by atoms with E-state index in [0.717, 1.165) is 29.0 Å². The van der Waals surface area contributed by atoms with Crippen molar-refractivity contribution < 1.29 is 9.90 Å². The highest BCUT2D eigenvalue weighted by Crippen LogP contribution is 2.16. The molecule has 2 heterocycles. The number of hydrogen-bond donors (Lipinski definition) is 1. The molecule has 4 nitrogen and oxygen atoms in total. The Morgan fingerprint density at radius 1 is 1.20 bits per heavy atom. The summed E-state index contributed by atoms with van der Waals surface area (Å²) in [5, 5.41) is 8.90. The maximum atomic E-state index is 10.8. The van der Waals surface area contributed by atoms with E-state index in [1.165, 1.54) is 0 Å². The quantitative estimate of drug-likeness (QED) is 0.793. The van der Waals surface area contributed by atoms with Gasteiger partial charge in [0.15, 0.2) is 0 Å². The molecule has 0 aliphatic rings. The molecule has 4 heteroatoms. The first-order valence-corrected chi connectivity index (χ1v) is 6.40. The predicted octanol–water partition coefficient (Wildman–Crippen LogP) is 2.93. The van der Waals surface area contributed by atoms with Crippen LogP contribution in [-0.4, -0.2) is 20.5 Å². The molecule has 0 unspecified atom stereocenters. The molecule has 0 bridgehead atoms. The number of fused-ring (bicyclic) bond motifs is 1. The summed E-state index contributed by atoms with van der Waals surface area (Å²) in [7, 11) is 0. The summed E-state index contributed by atoms with van der Waals surface area (Å²) in [6.07, 6.45) is 2.73. The topological polar surface area (TPSA) is 54.6 Å². The van der Waals surface area contributed by atoms with Crippen LogP contribution in [0.4, 0.5) is 0 Å². The molecule has 0 atom stereocenters. The lowest BCUT2D eigenvalue weighted by atomic mass is 10.1. The normalized spacial score (nSPS) is 10.8. The van der Waals surface area contributed by atoms with Crippen molar-refractivity contribution in [1.82, 2.24) is 9.38 Å². The number of pyridine rings is 1. The van der Waals surface area contributed by atoms with Crippen molar-refractivity contribution in [2.45, 2.75) is 13.3 Å². The van der Waals surface area contributed by atoms with Crippen molar-refractivity contribution in [3.8, 4) is 0 Å². The second kappa shape index (κ2) is 4.81. The largest absolute Gasteiger partial charge is 0.478 e. The number of carbonyl (C=O) groups is 1. The first kappa shape index (κ1) is 12.4. The number of carboxylic acids is 1. The monoisotopic (exact) mass is 266 g/mol. The summed E-state index contributed by atoms with van der Waals surface area (Å²) in [4.78, 5) is 15.4. The number of benzene rings is 1. The van der Waals surface area contributed by atoms with E-state index in [9.17, 15) is 4.79 Å². The van der Waals surface area contributed by atoms with Crippen LogP contribution in [0.15, 0.2) is 48.7 Å². The predicted molar refractivity (Wildman–Crippen MR) is 76.1 cm³/mol. The number of aromatic carboxylic acids is 1. The molecule has 3 aromatic rings. The number of aromatic nitrogens is 2. The Hall–Kier alpha value is -2.62. The fraction of sp³-hybridized carbons (Fsp3) is 0.125. The molecule has 0 spiro atoms. The van der Waals surface area contributed by atoms with Crippen molar-refractivity contribution in [2.24, 2.45) is 0 Å². The van der Waals surface area contributed by atoms with Crippen LogP contribution in [-0.2, 0) is 6.42 Å². The Morgan fingerprint density at radius 3 is 2.65 bits per heavy atom. The summed E-state index contributed by atoms with van der Waals surface area (Å²) >= 11 is 0. The summed E-state index contributed by atoms with van der Waals surface area (Å²) in [6, 6.07) is 12.9. The average Bonchev–Trinajstić information content (AvgIpc) is 2.76. The van der Waals surface area contributed by atoms with Crippen LogP contribution in [0.5, 0.6) is 0 Å². The second-order valence-electron chi connectivity index (χ2n) is 4.75. The molecule has 0 saturated carbocycles. The Labute approximate surface area is 116 Å². The lowest BCUT2D eigenvalue weighted by Gasteiger charge is -2.04. The molecule has 2 aromatic heterocycles. The third kappa shape index (κ3) is 2.16. The highest BCUT2D eigenvalue weighted by molar-refractivity contribution is 5.87. The van der Waals surface area contributed by atoms with Gasteiger partial charge in [-0.2, -0.15) is 0 Å². The minimum Gasteiger partial charge on any atom is -0.478 e. The Bertz CT molecular complexity index is 773. The van der Waals surface area contributed by atoms with Crippen molar-refractivity contribution in [2.75, 3.05) is 0 Å². The van der Waals surface area contributed by atoms with Crippen LogP contribution in [0, 0.1) is 6.92 Å². The first-order valence-electron chi connectivity index (χ1n) is 6.40. The number of carboxylic acid groups (broad SMARTS) is 1. The molecule has 0 amide bonds. The number of rotatable bonds is 3. The lowest BCUT2D eigenvalue weighted by molar-refractivity contribution is 0.0697. The van der Waals surface area contributed by atoms with Gasteiger partial charge in [-0.05, 0) is 36.8 Å². The summed E-state index contributed by atoms with van der Waals surface area (Å²) in [5.74, 6) is -0.900. The number of nitrogens with zero attached hydrogens (tertiary/aromatic N) is 2. The molecule has 3 rings (SSSR count). The van der Waals surface area contributed by atoms with E-state index in [1.54, 1.807) is 12.1 Å². The summed E-state index contributed by atoms with van der Waals surface area (Å²) in [5.41, 5.74) is 4.44. The molecule has 100 valence electrons. The van der Waals surface area contributed by atoms with E-state index in [2.05, 4.69) is 9.38 Å². The molecule has 0 fully saturated rings. The summed E-state index contributed by atoms with van der Waals surface area (Å²) < 4.78 is 2.07. The van der Waals surface area contributed by atoms with E-state index in [-0.39, 0.29) is 0 Å². The van der Waals surface area contributed by atoms with E-state index < -0.39 is 5.97 Å². The van der Waals surface area contributed by atoms with Crippen LogP contribution in [0.2, 0.25) is 0 Å². The van der Waals surface area contributed by atoms with Crippen LogP contribution in [0.3, 0.4) is 0 Å². The van der Waals surface area contributed by atoms with Crippen molar-refractivity contribution >= 4 is 11.6 Å². The molecule has 1 N–H and O–H groups in total. The molecular formula is C16H14N2O2. The van der Waals surface area contributed by atoms with E-state index in [0.29, 0.717) is 5.56 Å². The fourth-order valence-corrected chi connectivity index (χ4v) is 2.34. The highest BCUT2D eigenvalue weighted by atomic mass is 16.4. The Morgan fingerprint density at radius 2 is 1.95 bits per heavy atom. The average molecular weight is 266 g/mol. The number of imidazole rings is 1. The molecule has 0 radical (unpaired) electrons. The van der Waals surface area contributed by atoms with Gasteiger partial charge in [-0.15, -0.1) is 0 Å². The molecule has 1 aromatic carbocycles. The molecular weight excluding hydrogens is 252 g/mol. The highest BCUT2D eigenvalue weighted by Gasteiger charge is 2.09. The van der Waals surface area contributed by atoms with Gasteiger partial charge in [0.25, 0.3) is 0 Å². The smallest absolute Gasteiger partial charge is 0.335 e. The van der Waals surface area contributed by atoms with Gasteiger partial charge in [-0.25, -0.2) is 9.78 Å². The van der Waals surface area contributed by atoms with Crippen LogP contribution in [0.25, 0.3) is 5.65 Å². The zero-order valence-corrected chi connectivity index (χ0v) is 11.1. The zero-order valence-electron chi connectivity index (χ0n) is 11.1. The minimum absolute atomic E-state index is 0.309. The van der Waals surface area contributed by atoms with E-state index >= 15 is 0 Å². The van der Waals surface area contributed by atoms with Gasteiger partial charge in [0, 0.05) is 18.3 Å². The standard InChI is InChI=1S/C16H14N2O2/c1-11-14(18-9-3-2-4-15(18)17-11)10-12-5-7-13(8-6-12)16(19)20/h2-9H,10H2,1H3,(H,19,20). The number of aryl methyl sites for hydroxylation is 1. The van der Waals surface area contributed by atoms with Gasteiger partial charge < -0.3 is 9.51 Å². The van der Waals surface area contributed by atoms with Crippen molar-refractivity contribution in [3.05, 3.63) is 71.2 Å². The maximum Gasteiger partial charge on any atom is 0.335 e. The van der Waals surface area contributed by atoms with Crippen LogP contribution < -0.4 is 0 Å². The number of hydrogen-bond acceptors (Lipinski definition) is 2. The second-order valence-corrected chi connectivity index (χ2v) is 4.75. The van der Waals surface area contributed by atoms with E-state index in [4.69, 9.17) is 5.11 Å². The molecule has 0 aliphatic heterocycles. The van der Waals surface area contributed by atoms with Gasteiger partial charge in [-0.3, -0.25) is 0 Å². The first-order chi connectivity index (χ1) is 9.65. The Kier molecular flexibility index (Phi) is 2.99. The van der Waals surface area contributed by atoms with Crippen molar-refractivity contribution in [3.63, 3.8) is 0 Å². The van der Waals surface area contributed by atoms with Crippen LogP contribution in [0.1, 0.15) is 27.3 Å². The van der Waals surface area contributed by atoms with Gasteiger partial charge in [0.1, 0.15) is 5.65 Å². The molecule has 0 saturated heterocycles. The third-order valence-electron chi connectivity index (χ3n) is 3.40. The van der Waals surface area contributed by atoms with Gasteiger partial charge in [0.05, 0.1) is 11.3 Å². The minimum atomic E-state index is -0.900. The zero-order chi connectivity index (χ0) is 14.1. The molecule has 20 heavy (non-hydrogen) atoms. The fourth-order valence-electron chi connectivity index (χ4n) is 2.34. The summed E-state index contributed by atoms with van der Waals surface area (Å²) in [6.45, 7) is 1.99. The van der Waals surface area contributed by atoms with Crippen molar-refractivity contribution in [1.29, 1.82) is 0 Å². The molecule has 0 aliphatic carbocycles. The maximum absolute atomic E-state index is 10.8. The lowest BCUT2D eigenvalue weighted by Crippen LogP contribution is -1.99. The Balaban J connectivity index is 1.96. The van der Waals surface area contributed by atoms with Gasteiger partial charge >= 0.3 is 5.97 Å². The van der Waals surface area contributed by atoms with Gasteiger partial charge in [0.2, 0.25) is 0 Å². The van der Waals surface area contributed by atoms with Crippen LogP contribution >= 0.6 is 0 Å². The third-order valence-corrected chi connectivity index (χ3v) is 3.40. The SMILES string of the molecule is Cc1nc2ccccn2c1Cc1ccc(C(=O)O)cc1. The van der Waals surface area contributed by atoms with E-state index in [1.807, 2.05) is 43.5 Å².